The zero-order chi connectivity index (χ0) is 12.2. The largest absolute Gasteiger partial charge is 0.334 e. The van der Waals surface area contributed by atoms with Crippen LogP contribution in [-0.4, -0.2) is 10.1 Å². The van der Waals surface area contributed by atoms with Gasteiger partial charge in [-0.1, -0.05) is 41.6 Å². The van der Waals surface area contributed by atoms with Crippen molar-refractivity contribution < 1.29 is 4.52 Å². The maximum absolute atomic E-state index is 5.17. The minimum Gasteiger partial charge on any atom is -0.334 e. The van der Waals surface area contributed by atoms with E-state index >= 15 is 0 Å². The number of benzene rings is 1. The highest BCUT2D eigenvalue weighted by atomic mass is 32.1. The highest BCUT2D eigenvalue weighted by molar-refractivity contribution is 7.13. The lowest BCUT2D eigenvalue weighted by Crippen LogP contribution is -1.75. The summed E-state index contributed by atoms with van der Waals surface area (Å²) >= 11 is 1.59. The van der Waals surface area contributed by atoms with E-state index < -0.39 is 0 Å². The van der Waals surface area contributed by atoms with Gasteiger partial charge in [0.05, 0.1) is 4.88 Å². The van der Waals surface area contributed by atoms with E-state index in [9.17, 15) is 0 Å². The molecular weight excluding hydrogens is 244 g/mol. The van der Waals surface area contributed by atoms with Gasteiger partial charge in [-0.25, -0.2) is 0 Å². The summed E-state index contributed by atoms with van der Waals surface area (Å²) in [5.41, 5.74) is 1.10. The zero-order valence-corrected chi connectivity index (χ0v) is 10.3. The van der Waals surface area contributed by atoms with Crippen LogP contribution in [0.5, 0.6) is 0 Å². The topological polar surface area (TPSA) is 38.9 Å². The van der Waals surface area contributed by atoms with Gasteiger partial charge in [-0.3, -0.25) is 0 Å². The highest BCUT2D eigenvalue weighted by Crippen LogP contribution is 2.21. The van der Waals surface area contributed by atoms with Gasteiger partial charge < -0.3 is 4.52 Å². The molecule has 0 radical (unpaired) electrons. The smallest absolute Gasteiger partial charge is 0.250 e. The normalized spacial score (nSPS) is 11.1. The Bertz CT molecular complexity index is 642. The summed E-state index contributed by atoms with van der Waals surface area (Å²) in [7, 11) is 0. The van der Waals surface area contributed by atoms with E-state index in [1.54, 1.807) is 11.3 Å². The Kier molecular flexibility index (Phi) is 3.02. The molecule has 0 saturated carbocycles. The van der Waals surface area contributed by atoms with Crippen molar-refractivity contribution in [2.24, 2.45) is 0 Å². The van der Waals surface area contributed by atoms with Gasteiger partial charge in [-0.15, -0.1) is 11.3 Å². The first-order valence-corrected chi connectivity index (χ1v) is 6.40. The molecule has 0 amide bonds. The molecule has 0 aliphatic carbocycles. The molecule has 0 aliphatic rings. The van der Waals surface area contributed by atoms with Crippen molar-refractivity contribution in [1.29, 1.82) is 0 Å². The number of thiophene rings is 1. The van der Waals surface area contributed by atoms with E-state index in [1.807, 2.05) is 60.0 Å². The van der Waals surface area contributed by atoms with Gasteiger partial charge in [0, 0.05) is 6.08 Å². The Balaban J connectivity index is 1.80. The second-order valence-electron chi connectivity index (χ2n) is 3.68. The Hall–Kier alpha value is -2.20. The van der Waals surface area contributed by atoms with E-state index in [-0.39, 0.29) is 0 Å². The molecule has 2 heterocycles. The maximum atomic E-state index is 5.17. The molecule has 3 nitrogen and oxygen atoms in total. The molecule has 0 N–H and O–H groups in total. The standard InChI is InChI=1S/C14H10N2OS/c1-2-5-11(6-3-1)8-9-13-15-14(16-17-13)12-7-4-10-18-12/h1-10H/b9-8+. The van der Waals surface area contributed by atoms with Gasteiger partial charge in [0.1, 0.15) is 0 Å². The van der Waals surface area contributed by atoms with E-state index in [0.717, 1.165) is 10.4 Å². The van der Waals surface area contributed by atoms with Gasteiger partial charge in [-0.05, 0) is 23.1 Å². The van der Waals surface area contributed by atoms with Crippen LogP contribution in [0.25, 0.3) is 22.9 Å². The van der Waals surface area contributed by atoms with Crippen molar-refractivity contribution >= 4 is 23.5 Å². The van der Waals surface area contributed by atoms with Gasteiger partial charge in [0.15, 0.2) is 0 Å². The number of aromatic nitrogens is 2. The lowest BCUT2D eigenvalue weighted by atomic mass is 10.2. The quantitative estimate of drug-likeness (QED) is 0.710. The summed E-state index contributed by atoms with van der Waals surface area (Å²) in [5, 5.41) is 5.94. The fourth-order valence-corrected chi connectivity index (χ4v) is 2.19. The first-order valence-electron chi connectivity index (χ1n) is 5.52. The molecule has 4 heteroatoms. The summed E-state index contributed by atoms with van der Waals surface area (Å²) in [5.74, 6) is 1.15. The second kappa shape index (κ2) is 4.98. The van der Waals surface area contributed by atoms with Crippen molar-refractivity contribution in [3.8, 4) is 10.7 Å². The lowest BCUT2D eigenvalue weighted by Gasteiger charge is -1.88. The molecule has 3 aromatic rings. The minimum absolute atomic E-state index is 0.516. The maximum Gasteiger partial charge on any atom is 0.250 e. The van der Waals surface area contributed by atoms with E-state index in [1.165, 1.54) is 0 Å². The molecule has 88 valence electrons. The summed E-state index contributed by atoms with van der Waals surface area (Å²) in [6.45, 7) is 0. The Labute approximate surface area is 108 Å². The van der Waals surface area contributed by atoms with Crippen LogP contribution in [0.4, 0.5) is 0 Å². The predicted octanol–water partition coefficient (Wildman–Crippen LogP) is 3.97. The monoisotopic (exact) mass is 254 g/mol. The molecule has 0 aliphatic heterocycles. The third-order valence-corrected chi connectivity index (χ3v) is 3.27. The summed E-state index contributed by atoms with van der Waals surface area (Å²) in [6, 6.07) is 13.9. The van der Waals surface area contributed by atoms with Crippen LogP contribution < -0.4 is 0 Å². The average molecular weight is 254 g/mol. The Morgan fingerprint density at radius 3 is 2.67 bits per heavy atom. The molecular formula is C14H10N2OS. The molecule has 0 spiro atoms. The van der Waals surface area contributed by atoms with E-state index in [4.69, 9.17) is 4.52 Å². The third kappa shape index (κ3) is 2.38. The molecule has 0 fully saturated rings. The van der Waals surface area contributed by atoms with Crippen LogP contribution in [-0.2, 0) is 0 Å². The third-order valence-electron chi connectivity index (χ3n) is 2.40. The highest BCUT2D eigenvalue weighted by Gasteiger charge is 2.06. The molecule has 0 bridgehead atoms. The van der Waals surface area contributed by atoms with Crippen molar-refractivity contribution in [2.75, 3.05) is 0 Å². The fraction of sp³-hybridized carbons (Fsp3) is 0. The molecule has 0 atom stereocenters. The van der Waals surface area contributed by atoms with Crippen molar-refractivity contribution in [2.45, 2.75) is 0 Å². The van der Waals surface area contributed by atoms with Crippen molar-refractivity contribution in [3.63, 3.8) is 0 Å². The molecule has 0 saturated heterocycles. The summed E-state index contributed by atoms with van der Waals surface area (Å²) in [6.07, 6.45) is 3.77. The molecule has 2 aromatic heterocycles. The Morgan fingerprint density at radius 2 is 1.89 bits per heavy atom. The molecule has 18 heavy (non-hydrogen) atoms. The van der Waals surface area contributed by atoms with Crippen LogP contribution >= 0.6 is 11.3 Å². The van der Waals surface area contributed by atoms with Gasteiger partial charge >= 0.3 is 0 Å². The van der Waals surface area contributed by atoms with Crippen LogP contribution in [0.3, 0.4) is 0 Å². The van der Waals surface area contributed by atoms with Crippen LogP contribution in [0.15, 0.2) is 52.4 Å². The van der Waals surface area contributed by atoms with E-state index in [0.29, 0.717) is 11.7 Å². The first-order chi connectivity index (χ1) is 8.92. The number of hydrogen-bond donors (Lipinski definition) is 0. The number of nitrogens with zero attached hydrogens (tertiary/aromatic N) is 2. The zero-order valence-electron chi connectivity index (χ0n) is 9.48. The van der Waals surface area contributed by atoms with Crippen molar-refractivity contribution in [1.82, 2.24) is 10.1 Å². The van der Waals surface area contributed by atoms with E-state index in [2.05, 4.69) is 10.1 Å². The number of hydrogen-bond acceptors (Lipinski definition) is 4. The van der Waals surface area contributed by atoms with Crippen LogP contribution in [0.2, 0.25) is 0 Å². The molecule has 3 rings (SSSR count). The van der Waals surface area contributed by atoms with Crippen LogP contribution in [0, 0.1) is 0 Å². The van der Waals surface area contributed by atoms with Crippen molar-refractivity contribution in [3.05, 3.63) is 59.3 Å². The predicted molar refractivity (Wildman–Crippen MR) is 73.0 cm³/mol. The average Bonchev–Trinajstić information content (AvgIpc) is 3.08. The van der Waals surface area contributed by atoms with Gasteiger partial charge in [0.2, 0.25) is 5.82 Å². The number of rotatable bonds is 3. The van der Waals surface area contributed by atoms with Gasteiger partial charge in [0.25, 0.3) is 5.89 Å². The fourth-order valence-electron chi connectivity index (χ4n) is 1.54. The first kappa shape index (κ1) is 10.9. The lowest BCUT2D eigenvalue weighted by molar-refractivity contribution is 0.411. The van der Waals surface area contributed by atoms with Gasteiger partial charge in [-0.2, -0.15) is 4.98 Å². The molecule has 1 aromatic carbocycles. The Morgan fingerprint density at radius 1 is 1.00 bits per heavy atom. The SMILES string of the molecule is C(=C\c1nc(-c2cccs2)no1)/c1ccccc1. The summed E-state index contributed by atoms with van der Waals surface area (Å²) < 4.78 is 5.17. The summed E-state index contributed by atoms with van der Waals surface area (Å²) in [4.78, 5) is 5.33. The minimum atomic E-state index is 0.516. The second-order valence-corrected chi connectivity index (χ2v) is 4.63. The van der Waals surface area contributed by atoms with Crippen LogP contribution in [0.1, 0.15) is 11.5 Å². The molecule has 0 unspecified atom stereocenters.